The highest BCUT2D eigenvalue weighted by Gasteiger charge is 2.26. The fourth-order valence-electron chi connectivity index (χ4n) is 2.59. The molecule has 0 radical (unpaired) electrons. The molecule has 0 aliphatic heterocycles. The molecule has 2 aromatic carbocycles. The van der Waals surface area contributed by atoms with E-state index in [9.17, 15) is 17.2 Å². The maximum Gasteiger partial charge on any atom is 0.241 e. The molecule has 0 aliphatic rings. The van der Waals surface area contributed by atoms with Gasteiger partial charge in [0.05, 0.1) is 12.0 Å². The molecule has 9 heteroatoms. The van der Waals surface area contributed by atoms with Crippen molar-refractivity contribution in [2.75, 3.05) is 7.11 Å². The average molecular weight is 393 g/mol. The molecule has 0 saturated heterocycles. The Kier molecular flexibility index (Phi) is 5.24. The van der Waals surface area contributed by atoms with Crippen LogP contribution in [0.5, 0.6) is 5.75 Å². The molecule has 1 aromatic heterocycles. The van der Waals surface area contributed by atoms with Crippen LogP contribution in [0, 0.1) is 11.6 Å². The first-order chi connectivity index (χ1) is 12.8. The third kappa shape index (κ3) is 3.99. The summed E-state index contributed by atoms with van der Waals surface area (Å²) >= 11 is 0. The lowest BCUT2D eigenvalue weighted by molar-refractivity contribution is 0.414. The molecule has 3 rings (SSSR count). The van der Waals surface area contributed by atoms with Crippen molar-refractivity contribution in [3.05, 3.63) is 77.9 Å². The van der Waals surface area contributed by atoms with Crippen LogP contribution in [0.4, 0.5) is 8.78 Å². The first-order valence-electron chi connectivity index (χ1n) is 7.90. The van der Waals surface area contributed by atoms with Crippen molar-refractivity contribution in [3.8, 4) is 5.75 Å². The number of nitrogens with one attached hydrogen (secondary N) is 1. The number of sulfonamides is 1. The van der Waals surface area contributed by atoms with Crippen LogP contribution in [0.2, 0.25) is 0 Å². The smallest absolute Gasteiger partial charge is 0.241 e. The minimum Gasteiger partial charge on any atom is -0.497 e. The van der Waals surface area contributed by atoms with Gasteiger partial charge in [-0.15, -0.1) is 0 Å². The second-order valence-corrected chi connectivity index (χ2v) is 7.51. The molecule has 142 valence electrons. The van der Waals surface area contributed by atoms with Gasteiger partial charge in [-0.25, -0.2) is 22.2 Å². The number of aromatic nitrogens is 2. The highest BCUT2D eigenvalue weighted by molar-refractivity contribution is 7.89. The summed E-state index contributed by atoms with van der Waals surface area (Å²) in [6, 6.07) is 8.36. The third-order valence-corrected chi connectivity index (χ3v) is 5.46. The van der Waals surface area contributed by atoms with E-state index >= 15 is 0 Å². The van der Waals surface area contributed by atoms with E-state index in [1.54, 1.807) is 42.1 Å². The number of ether oxygens (including phenoxy) is 1. The standard InChI is InChI=1S/C18H17F2N3O3S/c1-23-10-9-21-18(23)17(12-3-5-13(26-2)6-4-12)22-27(24,25)14-7-8-15(19)16(20)11-14/h3-11,17,22H,1-2H3. The molecule has 3 aromatic rings. The Labute approximate surface area is 155 Å². The van der Waals surface area contributed by atoms with Crippen molar-refractivity contribution < 1.29 is 21.9 Å². The van der Waals surface area contributed by atoms with Crippen LogP contribution in [-0.2, 0) is 17.1 Å². The summed E-state index contributed by atoms with van der Waals surface area (Å²) in [6.07, 6.45) is 3.22. The quantitative estimate of drug-likeness (QED) is 0.699. The number of imidazole rings is 1. The zero-order valence-electron chi connectivity index (χ0n) is 14.6. The van der Waals surface area contributed by atoms with Crippen LogP contribution in [0.15, 0.2) is 59.8 Å². The van der Waals surface area contributed by atoms with Gasteiger partial charge in [0.15, 0.2) is 11.6 Å². The van der Waals surface area contributed by atoms with Crippen LogP contribution in [0.3, 0.4) is 0 Å². The average Bonchev–Trinajstić information content (AvgIpc) is 3.08. The van der Waals surface area contributed by atoms with Gasteiger partial charge in [-0.3, -0.25) is 0 Å². The van der Waals surface area contributed by atoms with Crippen molar-refractivity contribution in [3.63, 3.8) is 0 Å². The van der Waals surface area contributed by atoms with E-state index in [1.165, 1.54) is 13.3 Å². The fraction of sp³-hybridized carbons (Fsp3) is 0.167. The number of nitrogens with zero attached hydrogens (tertiary/aromatic N) is 2. The third-order valence-electron chi connectivity index (χ3n) is 4.04. The SMILES string of the molecule is COc1ccc(C(NS(=O)(=O)c2ccc(F)c(F)c2)c2nccn2C)cc1. The van der Waals surface area contributed by atoms with Crippen molar-refractivity contribution >= 4 is 10.0 Å². The fourth-order valence-corrected chi connectivity index (χ4v) is 3.78. The molecule has 1 heterocycles. The Morgan fingerprint density at radius 1 is 1.11 bits per heavy atom. The van der Waals surface area contributed by atoms with E-state index in [0.29, 0.717) is 23.2 Å². The highest BCUT2D eigenvalue weighted by atomic mass is 32.2. The van der Waals surface area contributed by atoms with Crippen LogP contribution < -0.4 is 9.46 Å². The lowest BCUT2D eigenvalue weighted by Gasteiger charge is -2.19. The molecular weight excluding hydrogens is 376 g/mol. The van der Waals surface area contributed by atoms with Gasteiger partial charge >= 0.3 is 0 Å². The van der Waals surface area contributed by atoms with E-state index in [1.807, 2.05) is 0 Å². The van der Waals surface area contributed by atoms with Crippen molar-refractivity contribution in [1.82, 2.24) is 14.3 Å². The Hall–Kier alpha value is -2.78. The zero-order valence-corrected chi connectivity index (χ0v) is 15.4. The molecule has 0 aliphatic carbocycles. The van der Waals surface area contributed by atoms with Crippen molar-refractivity contribution in [1.29, 1.82) is 0 Å². The monoisotopic (exact) mass is 393 g/mol. The van der Waals surface area contributed by atoms with E-state index in [0.717, 1.165) is 12.1 Å². The summed E-state index contributed by atoms with van der Waals surface area (Å²) in [5, 5.41) is 0. The van der Waals surface area contributed by atoms with Crippen LogP contribution in [-0.4, -0.2) is 25.1 Å². The molecular formula is C18H17F2N3O3S. The van der Waals surface area contributed by atoms with E-state index in [2.05, 4.69) is 9.71 Å². The van der Waals surface area contributed by atoms with Crippen LogP contribution >= 0.6 is 0 Å². The number of hydrogen-bond acceptors (Lipinski definition) is 4. The molecule has 0 spiro atoms. The molecule has 1 unspecified atom stereocenters. The van der Waals surface area contributed by atoms with Crippen molar-refractivity contribution in [2.45, 2.75) is 10.9 Å². The van der Waals surface area contributed by atoms with Gasteiger partial charge in [0.1, 0.15) is 17.6 Å². The van der Waals surface area contributed by atoms with Gasteiger partial charge in [0.25, 0.3) is 0 Å². The number of hydrogen-bond donors (Lipinski definition) is 1. The van der Waals surface area contributed by atoms with E-state index in [4.69, 9.17) is 4.74 Å². The molecule has 0 bridgehead atoms. The van der Waals surface area contributed by atoms with Gasteiger partial charge < -0.3 is 9.30 Å². The Balaban J connectivity index is 2.02. The normalized spacial score (nSPS) is 12.7. The predicted molar refractivity (Wildman–Crippen MR) is 94.7 cm³/mol. The van der Waals surface area contributed by atoms with Gasteiger partial charge in [0, 0.05) is 19.4 Å². The van der Waals surface area contributed by atoms with Gasteiger partial charge in [0.2, 0.25) is 10.0 Å². The Morgan fingerprint density at radius 3 is 2.37 bits per heavy atom. The van der Waals surface area contributed by atoms with E-state index in [-0.39, 0.29) is 4.90 Å². The number of benzene rings is 2. The van der Waals surface area contributed by atoms with Gasteiger partial charge in [-0.1, -0.05) is 12.1 Å². The molecule has 27 heavy (non-hydrogen) atoms. The Morgan fingerprint density at radius 2 is 1.81 bits per heavy atom. The van der Waals surface area contributed by atoms with E-state index < -0.39 is 27.7 Å². The molecule has 6 nitrogen and oxygen atoms in total. The largest absolute Gasteiger partial charge is 0.497 e. The van der Waals surface area contributed by atoms with Crippen LogP contribution in [0.1, 0.15) is 17.4 Å². The number of halogens is 2. The molecule has 0 fully saturated rings. The maximum atomic E-state index is 13.5. The minimum atomic E-state index is -4.15. The molecule has 0 saturated carbocycles. The summed E-state index contributed by atoms with van der Waals surface area (Å²) in [6.45, 7) is 0. The number of methoxy groups -OCH3 is 1. The lowest BCUT2D eigenvalue weighted by atomic mass is 10.1. The minimum absolute atomic E-state index is 0.380. The molecule has 0 amide bonds. The predicted octanol–water partition coefficient (Wildman–Crippen LogP) is 2.77. The summed E-state index contributed by atoms with van der Waals surface area (Å²) in [5.74, 6) is -1.31. The first-order valence-corrected chi connectivity index (χ1v) is 9.38. The second-order valence-electron chi connectivity index (χ2n) is 5.80. The summed E-state index contributed by atoms with van der Waals surface area (Å²) < 4.78 is 61.4. The van der Waals surface area contributed by atoms with Crippen molar-refractivity contribution in [2.24, 2.45) is 7.05 Å². The highest BCUT2D eigenvalue weighted by Crippen LogP contribution is 2.25. The lowest BCUT2D eigenvalue weighted by Crippen LogP contribution is -2.31. The topological polar surface area (TPSA) is 73.2 Å². The summed E-state index contributed by atoms with van der Waals surface area (Å²) in [4.78, 5) is 3.83. The van der Waals surface area contributed by atoms with Gasteiger partial charge in [-0.2, -0.15) is 4.72 Å². The zero-order chi connectivity index (χ0) is 19.6. The Bertz CT molecular complexity index is 1050. The summed E-state index contributed by atoms with van der Waals surface area (Å²) in [7, 11) is -0.895. The first kappa shape index (κ1) is 19.0. The second kappa shape index (κ2) is 7.45. The molecule has 1 N–H and O–H groups in total. The maximum absolute atomic E-state index is 13.5. The number of rotatable bonds is 6. The van der Waals surface area contributed by atoms with Crippen LogP contribution in [0.25, 0.3) is 0 Å². The molecule has 1 atom stereocenters. The summed E-state index contributed by atoms with van der Waals surface area (Å²) in [5.41, 5.74) is 0.608. The van der Waals surface area contributed by atoms with Gasteiger partial charge in [-0.05, 0) is 35.9 Å². The number of aryl methyl sites for hydroxylation is 1.